The van der Waals surface area contributed by atoms with E-state index >= 15 is 0 Å². The molecule has 1 rings (SSSR count). The lowest BCUT2D eigenvalue weighted by Gasteiger charge is -2.06. The maximum absolute atomic E-state index is 11.7. The molecule has 1 aromatic rings. The van der Waals surface area contributed by atoms with E-state index in [0.29, 0.717) is 12.5 Å². The lowest BCUT2D eigenvalue weighted by Crippen LogP contribution is -2.28. The van der Waals surface area contributed by atoms with Crippen molar-refractivity contribution in [1.29, 1.82) is 0 Å². The summed E-state index contributed by atoms with van der Waals surface area (Å²) >= 11 is 0. The number of aliphatic hydroxyl groups excluding tert-OH is 1. The number of rotatable bonds is 6. The standard InChI is InChI=1S/C10H16N2O5/c1-6(2)3-11-10(14)9-7(4-13)8(5-16-15)17-12-9/h6,13,15H,3-5H2,1-2H3,(H,11,14). The molecule has 0 saturated carbocycles. The molecule has 1 amide bonds. The highest BCUT2D eigenvalue weighted by Crippen LogP contribution is 2.15. The van der Waals surface area contributed by atoms with Crippen LogP contribution >= 0.6 is 0 Å². The summed E-state index contributed by atoms with van der Waals surface area (Å²) in [5.41, 5.74) is 0.237. The van der Waals surface area contributed by atoms with Gasteiger partial charge in [0.05, 0.1) is 12.2 Å². The van der Waals surface area contributed by atoms with E-state index in [1.807, 2.05) is 13.8 Å². The van der Waals surface area contributed by atoms with Gasteiger partial charge in [-0.25, -0.2) is 4.89 Å². The molecule has 3 N–H and O–H groups in total. The largest absolute Gasteiger partial charge is 0.391 e. The predicted molar refractivity (Wildman–Crippen MR) is 57.0 cm³/mol. The molecule has 0 radical (unpaired) electrons. The second-order valence-electron chi connectivity index (χ2n) is 3.97. The van der Waals surface area contributed by atoms with Gasteiger partial charge in [-0.05, 0) is 5.92 Å². The van der Waals surface area contributed by atoms with E-state index in [2.05, 4.69) is 15.4 Å². The van der Waals surface area contributed by atoms with Crippen LogP contribution in [0, 0.1) is 5.92 Å². The molecule has 1 aromatic heterocycles. The molecule has 0 aliphatic carbocycles. The zero-order chi connectivity index (χ0) is 12.8. The van der Waals surface area contributed by atoms with Gasteiger partial charge in [-0.3, -0.25) is 10.1 Å². The highest BCUT2D eigenvalue weighted by atomic mass is 17.1. The van der Waals surface area contributed by atoms with Crippen LogP contribution in [0.5, 0.6) is 0 Å². The van der Waals surface area contributed by atoms with E-state index in [0.717, 1.165) is 0 Å². The average Bonchev–Trinajstić information content (AvgIpc) is 2.69. The minimum absolute atomic E-state index is 0.0141. The summed E-state index contributed by atoms with van der Waals surface area (Å²) in [5.74, 6) is 0.0176. The molecule has 0 aliphatic rings. The van der Waals surface area contributed by atoms with Gasteiger partial charge in [-0.15, -0.1) is 0 Å². The van der Waals surface area contributed by atoms with E-state index in [9.17, 15) is 4.79 Å². The number of hydrogen-bond donors (Lipinski definition) is 3. The van der Waals surface area contributed by atoms with Gasteiger partial charge in [0.2, 0.25) is 0 Å². The Morgan fingerprint density at radius 3 is 2.82 bits per heavy atom. The Morgan fingerprint density at radius 1 is 1.59 bits per heavy atom. The van der Waals surface area contributed by atoms with Crippen LogP contribution in [-0.2, 0) is 18.1 Å². The summed E-state index contributed by atoms with van der Waals surface area (Å²) in [6, 6.07) is 0. The normalized spacial score (nSPS) is 10.9. The minimum atomic E-state index is -0.421. The van der Waals surface area contributed by atoms with Crippen LogP contribution in [0.15, 0.2) is 4.52 Å². The third-order valence-electron chi connectivity index (χ3n) is 2.11. The summed E-state index contributed by atoms with van der Waals surface area (Å²) in [5, 5.41) is 23.6. The zero-order valence-corrected chi connectivity index (χ0v) is 9.77. The SMILES string of the molecule is CC(C)CNC(=O)c1noc(COO)c1CO. The van der Waals surface area contributed by atoms with Gasteiger partial charge in [0.25, 0.3) is 5.91 Å². The first-order valence-corrected chi connectivity index (χ1v) is 5.23. The van der Waals surface area contributed by atoms with E-state index < -0.39 is 12.5 Å². The lowest BCUT2D eigenvalue weighted by atomic mass is 10.2. The molecule has 7 nitrogen and oxygen atoms in total. The fourth-order valence-electron chi connectivity index (χ4n) is 1.24. The molecule has 0 bridgehead atoms. The van der Waals surface area contributed by atoms with Gasteiger partial charge in [0, 0.05) is 6.54 Å². The molecule has 1 heterocycles. The Hall–Kier alpha value is -1.44. The van der Waals surface area contributed by atoms with Crippen LogP contribution in [0.1, 0.15) is 35.7 Å². The summed E-state index contributed by atoms with van der Waals surface area (Å²) in [6.45, 7) is 3.75. The summed E-state index contributed by atoms with van der Waals surface area (Å²) in [4.78, 5) is 15.6. The monoisotopic (exact) mass is 244 g/mol. The summed E-state index contributed by atoms with van der Waals surface area (Å²) < 4.78 is 4.80. The van der Waals surface area contributed by atoms with Gasteiger partial charge in [0.15, 0.2) is 11.5 Å². The van der Waals surface area contributed by atoms with Gasteiger partial charge in [-0.2, -0.15) is 0 Å². The number of amides is 1. The molecule has 7 heteroatoms. The molecular formula is C10H16N2O5. The van der Waals surface area contributed by atoms with Crippen LogP contribution in [0.25, 0.3) is 0 Å². The van der Waals surface area contributed by atoms with E-state index in [1.165, 1.54) is 0 Å². The minimum Gasteiger partial charge on any atom is -0.391 e. The molecular weight excluding hydrogens is 228 g/mol. The number of aromatic nitrogens is 1. The van der Waals surface area contributed by atoms with Crippen molar-refractivity contribution in [3.63, 3.8) is 0 Å². The van der Waals surface area contributed by atoms with E-state index in [-0.39, 0.29) is 23.6 Å². The van der Waals surface area contributed by atoms with E-state index in [4.69, 9.17) is 14.9 Å². The van der Waals surface area contributed by atoms with Crippen molar-refractivity contribution < 1.29 is 24.6 Å². The van der Waals surface area contributed by atoms with Crippen LogP contribution < -0.4 is 5.32 Å². The highest BCUT2D eigenvalue weighted by Gasteiger charge is 2.21. The topological polar surface area (TPSA) is 105 Å². The molecule has 0 saturated heterocycles. The van der Waals surface area contributed by atoms with Crippen molar-refractivity contribution >= 4 is 5.91 Å². The van der Waals surface area contributed by atoms with Crippen LogP contribution in [0.3, 0.4) is 0 Å². The van der Waals surface area contributed by atoms with Crippen molar-refractivity contribution in [2.45, 2.75) is 27.1 Å². The first kappa shape index (κ1) is 13.6. The second-order valence-corrected chi connectivity index (χ2v) is 3.97. The Labute approximate surface area is 98.3 Å². The Balaban J connectivity index is 2.79. The fraction of sp³-hybridized carbons (Fsp3) is 0.600. The average molecular weight is 244 g/mol. The quantitative estimate of drug-likeness (QED) is 0.498. The molecule has 0 spiro atoms. The molecule has 0 fully saturated rings. The van der Waals surface area contributed by atoms with Crippen molar-refractivity contribution in [1.82, 2.24) is 10.5 Å². The van der Waals surface area contributed by atoms with Crippen molar-refractivity contribution in [3.05, 3.63) is 17.0 Å². The number of carbonyl (C=O) groups excluding carboxylic acids is 1. The van der Waals surface area contributed by atoms with Crippen LogP contribution in [0.2, 0.25) is 0 Å². The number of carbonyl (C=O) groups is 1. The van der Waals surface area contributed by atoms with Gasteiger partial charge in [-0.1, -0.05) is 19.0 Å². The number of nitrogens with zero attached hydrogens (tertiary/aromatic N) is 1. The van der Waals surface area contributed by atoms with Gasteiger partial charge >= 0.3 is 0 Å². The van der Waals surface area contributed by atoms with Crippen molar-refractivity contribution in [2.75, 3.05) is 6.54 Å². The number of nitrogens with one attached hydrogen (secondary N) is 1. The maximum Gasteiger partial charge on any atom is 0.273 e. The Bertz CT molecular complexity index is 375. The highest BCUT2D eigenvalue weighted by molar-refractivity contribution is 5.93. The summed E-state index contributed by atoms with van der Waals surface area (Å²) in [7, 11) is 0. The lowest BCUT2D eigenvalue weighted by molar-refractivity contribution is -0.256. The first-order chi connectivity index (χ1) is 8.10. The third-order valence-corrected chi connectivity index (χ3v) is 2.11. The van der Waals surface area contributed by atoms with Gasteiger partial charge < -0.3 is 14.9 Å². The molecule has 17 heavy (non-hydrogen) atoms. The maximum atomic E-state index is 11.7. The predicted octanol–water partition coefficient (Wildman–Crippen LogP) is 0.542. The Morgan fingerprint density at radius 2 is 2.29 bits per heavy atom. The molecule has 96 valence electrons. The number of hydrogen-bond acceptors (Lipinski definition) is 6. The molecule has 0 aliphatic heterocycles. The molecule has 0 atom stereocenters. The Kier molecular flexibility index (Phi) is 5.08. The molecule has 0 aromatic carbocycles. The third kappa shape index (κ3) is 3.52. The number of aliphatic hydroxyl groups is 1. The summed E-state index contributed by atoms with van der Waals surface area (Å²) in [6.07, 6.45) is 0. The molecule has 0 unspecified atom stereocenters. The van der Waals surface area contributed by atoms with Gasteiger partial charge in [0.1, 0.15) is 6.61 Å². The van der Waals surface area contributed by atoms with E-state index in [1.54, 1.807) is 0 Å². The first-order valence-electron chi connectivity index (χ1n) is 5.23. The van der Waals surface area contributed by atoms with Crippen molar-refractivity contribution in [3.8, 4) is 0 Å². The van der Waals surface area contributed by atoms with Crippen LogP contribution in [0.4, 0.5) is 0 Å². The fourth-order valence-corrected chi connectivity index (χ4v) is 1.24. The van der Waals surface area contributed by atoms with Crippen molar-refractivity contribution in [2.24, 2.45) is 5.92 Å². The second kappa shape index (κ2) is 6.33. The van der Waals surface area contributed by atoms with Crippen LogP contribution in [-0.4, -0.2) is 28.0 Å². The smallest absolute Gasteiger partial charge is 0.273 e. The zero-order valence-electron chi connectivity index (χ0n) is 9.77.